The van der Waals surface area contributed by atoms with Crippen LogP contribution in [0, 0.1) is 0 Å². The number of hydrogen-bond acceptors (Lipinski definition) is 5. The normalized spacial score (nSPS) is 15.0. The van der Waals surface area contributed by atoms with E-state index in [1.165, 1.54) is 11.3 Å². The number of nitrogens with one attached hydrogen (secondary N) is 1. The molecule has 1 fully saturated rings. The van der Waals surface area contributed by atoms with Crippen LogP contribution < -0.4 is 5.32 Å². The number of carbonyl (C=O) groups is 2. The third-order valence-electron chi connectivity index (χ3n) is 6.64. The predicted octanol–water partition coefficient (Wildman–Crippen LogP) is 4.91. The minimum atomic E-state index is -0.173. The average molecular weight is 500 g/mol. The van der Waals surface area contributed by atoms with Crippen molar-refractivity contribution >= 4 is 23.2 Å². The molecule has 36 heavy (non-hydrogen) atoms. The molecule has 2 aromatic carbocycles. The molecule has 2 amide bonds. The molecule has 1 saturated heterocycles. The zero-order chi connectivity index (χ0) is 24.9. The molecule has 0 saturated carbocycles. The minimum Gasteiger partial charge on any atom is -0.348 e. The molecule has 1 aliphatic heterocycles. The van der Waals surface area contributed by atoms with Gasteiger partial charge in [-0.05, 0) is 37.0 Å². The SMILES string of the molecule is CCC(C(=O)N1CCC(NC(=O)c2csc(-c3cnn(-c4ccccc4)c3)n2)CC1)c1ccccc1. The van der Waals surface area contributed by atoms with Crippen LogP contribution in [0.2, 0.25) is 0 Å². The summed E-state index contributed by atoms with van der Waals surface area (Å²) in [4.78, 5) is 32.5. The van der Waals surface area contributed by atoms with Gasteiger partial charge in [-0.25, -0.2) is 9.67 Å². The molecule has 1 unspecified atom stereocenters. The van der Waals surface area contributed by atoms with Gasteiger partial charge < -0.3 is 10.2 Å². The molecule has 8 heteroatoms. The highest BCUT2D eigenvalue weighted by molar-refractivity contribution is 7.13. The number of para-hydroxylation sites is 1. The Bertz CT molecular complexity index is 1310. The largest absolute Gasteiger partial charge is 0.348 e. The number of amides is 2. The molecule has 0 bridgehead atoms. The van der Waals surface area contributed by atoms with E-state index < -0.39 is 0 Å². The maximum absolute atomic E-state index is 13.1. The molecule has 184 valence electrons. The van der Waals surface area contributed by atoms with Gasteiger partial charge in [0.15, 0.2) is 0 Å². The molecule has 1 atom stereocenters. The first-order valence-electron chi connectivity index (χ1n) is 12.3. The van der Waals surface area contributed by atoms with Crippen molar-refractivity contribution in [1.29, 1.82) is 0 Å². The number of nitrogens with zero attached hydrogens (tertiary/aromatic N) is 4. The summed E-state index contributed by atoms with van der Waals surface area (Å²) in [6, 6.07) is 19.9. The highest BCUT2D eigenvalue weighted by Crippen LogP contribution is 2.26. The first kappa shape index (κ1) is 23.9. The van der Waals surface area contributed by atoms with Crippen LogP contribution >= 0.6 is 11.3 Å². The Labute approximate surface area is 214 Å². The van der Waals surface area contributed by atoms with Gasteiger partial charge >= 0.3 is 0 Å². The smallest absolute Gasteiger partial charge is 0.270 e. The number of likely N-dealkylation sites (tertiary alicyclic amines) is 1. The lowest BCUT2D eigenvalue weighted by Crippen LogP contribution is -2.47. The van der Waals surface area contributed by atoms with E-state index in [0.717, 1.165) is 41.1 Å². The van der Waals surface area contributed by atoms with Crippen molar-refractivity contribution in [3.05, 3.63) is 89.7 Å². The number of thiazole rings is 1. The topological polar surface area (TPSA) is 80.1 Å². The molecular weight excluding hydrogens is 470 g/mol. The van der Waals surface area contributed by atoms with Crippen LogP contribution in [-0.2, 0) is 4.79 Å². The molecule has 5 rings (SSSR count). The second kappa shape index (κ2) is 10.9. The molecule has 3 heterocycles. The van der Waals surface area contributed by atoms with Gasteiger partial charge in [0.25, 0.3) is 5.91 Å². The summed E-state index contributed by atoms with van der Waals surface area (Å²) in [6.07, 6.45) is 5.93. The number of hydrogen-bond donors (Lipinski definition) is 1. The zero-order valence-corrected chi connectivity index (χ0v) is 21.0. The molecule has 1 N–H and O–H groups in total. The molecular formula is C28H29N5O2S. The van der Waals surface area contributed by atoms with Crippen molar-refractivity contribution in [2.75, 3.05) is 13.1 Å². The lowest BCUT2D eigenvalue weighted by molar-refractivity contribution is -0.134. The summed E-state index contributed by atoms with van der Waals surface area (Å²) in [5.41, 5.74) is 3.32. The van der Waals surface area contributed by atoms with Crippen LogP contribution in [0.1, 0.15) is 48.2 Å². The lowest BCUT2D eigenvalue weighted by atomic mass is 9.93. The molecule has 1 aliphatic rings. The van der Waals surface area contributed by atoms with Gasteiger partial charge in [-0.3, -0.25) is 9.59 Å². The predicted molar refractivity (Wildman–Crippen MR) is 141 cm³/mol. The third-order valence-corrected chi connectivity index (χ3v) is 7.53. The second-order valence-corrected chi connectivity index (χ2v) is 9.85. The Morgan fingerprint density at radius 1 is 1.06 bits per heavy atom. The Morgan fingerprint density at radius 2 is 1.75 bits per heavy atom. The molecule has 0 radical (unpaired) electrons. The summed E-state index contributed by atoms with van der Waals surface area (Å²) >= 11 is 1.43. The summed E-state index contributed by atoms with van der Waals surface area (Å²) < 4.78 is 1.80. The Kier molecular flexibility index (Phi) is 7.23. The van der Waals surface area contributed by atoms with Crippen LogP contribution in [0.15, 0.2) is 78.4 Å². The third kappa shape index (κ3) is 5.23. The van der Waals surface area contributed by atoms with E-state index in [9.17, 15) is 9.59 Å². The summed E-state index contributed by atoms with van der Waals surface area (Å²) in [5.74, 6) is -0.112. The molecule has 0 spiro atoms. The number of rotatable bonds is 7. The zero-order valence-electron chi connectivity index (χ0n) is 20.2. The van der Waals surface area contributed by atoms with E-state index in [-0.39, 0.29) is 23.8 Å². The summed E-state index contributed by atoms with van der Waals surface area (Å²) in [7, 11) is 0. The van der Waals surface area contributed by atoms with Gasteiger partial charge in [-0.1, -0.05) is 55.5 Å². The standard InChI is InChI=1S/C28H29N5O2S/c1-2-24(20-9-5-3-6-10-20)28(35)32-15-13-22(14-16-32)30-26(34)25-19-36-27(31-25)21-17-29-33(18-21)23-11-7-4-8-12-23/h3-12,17-19,22,24H,2,13-16H2,1H3,(H,30,34). The van der Waals surface area contributed by atoms with Crippen molar-refractivity contribution < 1.29 is 9.59 Å². The van der Waals surface area contributed by atoms with E-state index in [0.29, 0.717) is 18.8 Å². The van der Waals surface area contributed by atoms with Crippen LogP contribution in [-0.4, -0.2) is 50.6 Å². The maximum Gasteiger partial charge on any atom is 0.270 e. The average Bonchev–Trinajstić information content (AvgIpc) is 3.61. The van der Waals surface area contributed by atoms with Crippen molar-refractivity contribution in [2.24, 2.45) is 0 Å². The molecule has 0 aliphatic carbocycles. The number of carbonyl (C=O) groups excluding carboxylic acids is 2. The van der Waals surface area contributed by atoms with Gasteiger partial charge in [-0.2, -0.15) is 5.10 Å². The van der Waals surface area contributed by atoms with Gasteiger partial charge in [-0.15, -0.1) is 11.3 Å². The minimum absolute atomic E-state index is 0.0318. The fraction of sp³-hybridized carbons (Fsp3) is 0.286. The second-order valence-electron chi connectivity index (χ2n) is 8.99. The van der Waals surface area contributed by atoms with Gasteiger partial charge in [0.05, 0.1) is 17.8 Å². The van der Waals surface area contributed by atoms with Gasteiger partial charge in [0, 0.05) is 36.3 Å². The van der Waals surface area contributed by atoms with E-state index in [1.54, 1.807) is 16.3 Å². The van der Waals surface area contributed by atoms with Crippen molar-refractivity contribution in [3.8, 4) is 16.3 Å². The summed E-state index contributed by atoms with van der Waals surface area (Å²) in [5, 5.41) is 10.1. The van der Waals surface area contributed by atoms with Gasteiger partial charge in [0.1, 0.15) is 10.7 Å². The van der Waals surface area contributed by atoms with Gasteiger partial charge in [0.2, 0.25) is 5.91 Å². The quantitative estimate of drug-likeness (QED) is 0.392. The first-order chi connectivity index (χ1) is 17.6. The van der Waals surface area contributed by atoms with E-state index in [1.807, 2.05) is 71.8 Å². The van der Waals surface area contributed by atoms with Crippen LogP contribution in [0.4, 0.5) is 0 Å². The van der Waals surface area contributed by atoms with Crippen molar-refractivity contribution in [1.82, 2.24) is 25.0 Å². The van der Waals surface area contributed by atoms with Crippen LogP contribution in [0.3, 0.4) is 0 Å². The number of benzene rings is 2. The highest BCUT2D eigenvalue weighted by atomic mass is 32.1. The molecule has 2 aromatic heterocycles. The lowest BCUT2D eigenvalue weighted by Gasteiger charge is -2.34. The fourth-order valence-electron chi connectivity index (χ4n) is 4.63. The maximum atomic E-state index is 13.1. The number of piperidine rings is 1. The van der Waals surface area contributed by atoms with E-state index >= 15 is 0 Å². The Morgan fingerprint density at radius 3 is 2.44 bits per heavy atom. The van der Waals surface area contributed by atoms with E-state index in [2.05, 4.69) is 22.3 Å². The van der Waals surface area contributed by atoms with E-state index in [4.69, 9.17) is 0 Å². The Hall–Kier alpha value is -3.78. The molecule has 4 aromatic rings. The molecule has 7 nitrogen and oxygen atoms in total. The highest BCUT2D eigenvalue weighted by Gasteiger charge is 2.29. The first-order valence-corrected chi connectivity index (χ1v) is 13.2. The number of aromatic nitrogens is 3. The monoisotopic (exact) mass is 499 g/mol. The summed E-state index contributed by atoms with van der Waals surface area (Å²) in [6.45, 7) is 3.35. The fourth-order valence-corrected chi connectivity index (χ4v) is 5.40. The Balaban J connectivity index is 1.16. The van der Waals surface area contributed by atoms with Crippen molar-refractivity contribution in [2.45, 2.75) is 38.1 Å². The van der Waals surface area contributed by atoms with Crippen LogP contribution in [0.25, 0.3) is 16.3 Å². The van der Waals surface area contributed by atoms with Crippen LogP contribution in [0.5, 0.6) is 0 Å². The van der Waals surface area contributed by atoms with Crippen molar-refractivity contribution in [3.63, 3.8) is 0 Å².